The van der Waals surface area contributed by atoms with Crippen molar-refractivity contribution < 1.29 is 4.43 Å². The Morgan fingerprint density at radius 2 is 1.82 bits per heavy atom. The Morgan fingerprint density at radius 1 is 1.27 bits per heavy atom. The standard InChI is InChI=1S/C9H20OSi/c1-4-10-11(2,3)9-7-5-6-8-9/h9H,4-8H2,1-3H3. The molecule has 0 N–H and O–H groups in total. The van der Waals surface area contributed by atoms with Gasteiger partial charge in [0.25, 0.3) is 0 Å². The van der Waals surface area contributed by atoms with E-state index in [0.29, 0.717) is 0 Å². The normalized spacial score (nSPS) is 21.0. The Hall–Kier alpha value is 0.177. The van der Waals surface area contributed by atoms with Gasteiger partial charge in [-0.25, -0.2) is 0 Å². The number of rotatable bonds is 3. The van der Waals surface area contributed by atoms with Gasteiger partial charge in [-0.05, 0) is 25.6 Å². The molecule has 1 rings (SSSR count). The molecule has 0 bridgehead atoms. The van der Waals surface area contributed by atoms with E-state index in [-0.39, 0.29) is 0 Å². The highest BCUT2D eigenvalue weighted by atomic mass is 28.4. The SMILES string of the molecule is CCO[Si](C)(C)C1CCCC1. The molecule has 0 aromatic carbocycles. The van der Waals surface area contributed by atoms with Crippen molar-refractivity contribution in [3.63, 3.8) is 0 Å². The van der Waals surface area contributed by atoms with Crippen LogP contribution in [0.15, 0.2) is 0 Å². The molecule has 2 heteroatoms. The molecule has 0 aromatic heterocycles. The summed E-state index contributed by atoms with van der Waals surface area (Å²) in [7, 11) is -1.27. The van der Waals surface area contributed by atoms with Gasteiger partial charge in [-0.15, -0.1) is 0 Å². The van der Waals surface area contributed by atoms with E-state index in [0.717, 1.165) is 12.1 Å². The predicted octanol–water partition coefficient (Wildman–Crippen LogP) is 3.17. The number of hydrogen-bond donors (Lipinski definition) is 0. The summed E-state index contributed by atoms with van der Waals surface area (Å²) in [6, 6.07) is 0. The molecule has 0 atom stereocenters. The van der Waals surface area contributed by atoms with Gasteiger partial charge in [0.15, 0.2) is 8.32 Å². The molecule has 0 saturated heterocycles. The van der Waals surface area contributed by atoms with Crippen molar-refractivity contribution in [2.75, 3.05) is 6.61 Å². The second-order valence-electron chi connectivity index (χ2n) is 4.02. The first-order valence-corrected chi connectivity index (χ1v) is 7.79. The second kappa shape index (κ2) is 3.72. The molecule has 0 heterocycles. The van der Waals surface area contributed by atoms with Crippen LogP contribution >= 0.6 is 0 Å². The number of hydrogen-bond acceptors (Lipinski definition) is 1. The first-order chi connectivity index (χ1) is 5.17. The third-order valence-corrected chi connectivity index (χ3v) is 6.43. The Bertz CT molecular complexity index is 117. The van der Waals surface area contributed by atoms with Crippen LogP contribution in [0.1, 0.15) is 32.6 Å². The molecular formula is C9H20OSi. The van der Waals surface area contributed by atoms with E-state index < -0.39 is 8.32 Å². The highest BCUT2D eigenvalue weighted by Crippen LogP contribution is 2.38. The summed E-state index contributed by atoms with van der Waals surface area (Å²) in [5, 5.41) is 0. The quantitative estimate of drug-likeness (QED) is 0.594. The van der Waals surface area contributed by atoms with Crippen molar-refractivity contribution in [2.24, 2.45) is 0 Å². The van der Waals surface area contributed by atoms with Crippen LogP contribution in [-0.2, 0) is 4.43 Å². The van der Waals surface area contributed by atoms with Crippen LogP contribution in [0.25, 0.3) is 0 Å². The van der Waals surface area contributed by atoms with Crippen LogP contribution in [0.2, 0.25) is 18.6 Å². The van der Waals surface area contributed by atoms with Crippen LogP contribution in [-0.4, -0.2) is 14.9 Å². The predicted molar refractivity (Wildman–Crippen MR) is 51.3 cm³/mol. The summed E-state index contributed by atoms with van der Waals surface area (Å²) in [4.78, 5) is 0. The maximum absolute atomic E-state index is 5.85. The van der Waals surface area contributed by atoms with Gasteiger partial charge in [-0.1, -0.05) is 25.7 Å². The molecule has 1 fully saturated rings. The molecule has 0 aliphatic heterocycles. The Morgan fingerprint density at radius 3 is 2.27 bits per heavy atom. The Balaban J connectivity index is 2.41. The third kappa shape index (κ3) is 2.31. The smallest absolute Gasteiger partial charge is 0.189 e. The zero-order chi connectivity index (χ0) is 8.32. The molecule has 1 aliphatic carbocycles. The Kier molecular flexibility index (Phi) is 3.13. The molecule has 0 amide bonds. The van der Waals surface area contributed by atoms with E-state index in [4.69, 9.17) is 4.43 Å². The van der Waals surface area contributed by atoms with Crippen LogP contribution in [0.5, 0.6) is 0 Å². The maximum atomic E-state index is 5.85. The van der Waals surface area contributed by atoms with Gasteiger partial charge in [-0.2, -0.15) is 0 Å². The minimum absolute atomic E-state index is 0.912. The van der Waals surface area contributed by atoms with Crippen molar-refractivity contribution in [3.8, 4) is 0 Å². The molecule has 0 spiro atoms. The van der Waals surface area contributed by atoms with Crippen LogP contribution in [0, 0.1) is 0 Å². The summed E-state index contributed by atoms with van der Waals surface area (Å²) in [5.74, 6) is 0. The molecule has 66 valence electrons. The van der Waals surface area contributed by atoms with Gasteiger partial charge in [0.05, 0.1) is 0 Å². The average Bonchev–Trinajstić information content (AvgIpc) is 2.37. The summed E-state index contributed by atoms with van der Waals surface area (Å²) in [6.07, 6.45) is 5.74. The van der Waals surface area contributed by atoms with Crippen LogP contribution < -0.4 is 0 Å². The summed E-state index contributed by atoms with van der Waals surface area (Å²) in [6.45, 7) is 7.76. The summed E-state index contributed by atoms with van der Waals surface area (Å²) in [5.41, 5.74) is 0.947. The molecule has 1 nitrogen and oxygen atoms in total. The van der Waals surface area contributed by atoms with E-state index in [1.165, 1.54) is 25.7 Å². The van der Waals surface area contributed by atoms with Crippen molar-refractivity contribution in [1.29, 1.82) is 0 Å². The van der Waals surface area contributed by atoms with E-state index in [9.17, 15) is 0 Å². The van der Waals surface area contributed by atoms with Gasteiger partial charge >= 0.3 is 0 Å². The molecule has 1 aliphatic rings. The van der Waals surface area contributed by atoms with Gasteiger partial charge in [-0.3, -0.25) is 0 Å². The molecular weight excluding hydrogens is 152 g/mol. The fourth-order valence-corrected chi connectivity index (χ4v) is 4.89. The van der Waals surface area contributed by atoms with Gasteiger partial charge in [0.2, 0.25) is 0 Å². The topological polar surface area (TPSA) is 9.23 Å². The lowest BCUT2D eigenvalue weighted by molar-refractivity contribution is 0.319. The lowest BCUT2D eigenvalue weighted by Gasteiger charge is -2.28. The zero-order valence-electron chi connectivity index (χ0n) is 8.02. The van der Waals surface area contributed by atoms with Crippen LogP contribution in [0.4, 0.5) is 0 Å². The second-order valence-corrected chi connectivity index (χ2v) is 8.33. The highest BCUT2D eigenvalue weighted by molar-refractivity contribution is 6.72. The minimum atomic E-state index is -1.27. The lowest BCUT2D eigenvalue weighted by Crippen LogP contribution is -2.35. The fourth-order valence-electron chi connectivity index (χ4n) is 2.11. The average molecular weight is 172 g/mol. The van der Waals surface area contributed by atoms with Gasteiger partial charge in [0.1, 0.15) is 0 Å². The minimum Gasteiger partial charge on any atom is -0.417 e. The lowest BCUT2D eigenvalue weighted by atomic mass is 10.4. The molecule has 0 radical (unpaired) electrons. The first-order valence-electron chi connectivity index (χ1n) is 4.81. The van der Waals surface area contributed by atoms with E-state index in [1.54, 1.807) is 0 Å². The molecule has 0 aromatic rings. The molecule has 0 unspecified atom stereocenters. The molecule has 11 heavy (non-hydrogen) atoms. The zero-order valence-corrected chi connectivity index (χ0v) is 9.02. The van der Waals surface area contributed by atoms with E-state index in [1.807, 2.05) is 0 Å². The van der Waals surface area contributed by atoms with Gasteiger partial charge in [0, 0.05) is 6.61 Å². The first kappa shape index (κ1) is 9.27. The van der Waals surface area contributed by atoms with Crippen molar-refractivity contribution in [2.45, 2.75) is 51.2 Å². The largest absolute Gasteiger partial charge is 0.417 e. The molecule has 1 saturated carbocycles. The summed E-state index contributed by atoms with van der Waals surface area (Å²) < 4.78 is 5.85. The Labute approximate surface area is 71.3 Å². The monoisotopic (exact) mass is 172 g/mol. The van der Waals surface area contributed by atoms with Crippen molar-refractivity contribution >= 4 is 8.32 Å². The van der Waals surface area contributed by atoms with Crippen molar-refractivity contribution in [1.82, 2.24) is 0 Å². The third-order valence-electron chi connectivity index (χ3n) is 2.85. The van der Waals surface area contributed by atoms with Crippen molar-refractivity contribution in [3.05, 3.63) is 0 Å². The highest BCUT2D eigenvalue weighted by Gasteiger charge is 2.34. The summed E-state index contributed by atoms with van der Waals surface area (Å²) >= 11 is 0. The maximum Gasteiger partial charge on any atom is 0.189 e. The fraction of sp³-hybridized carbons (Fsp3) is 1.00. The van der Waals surface area contributed by atoms with Gasteiger partial charge < -0.3 is 4.43 Å². The van der Waals surface area contributed by atoms with E-state index >= 15 is 0 Å². The van der Waals surface area contributed by atoms with Crippen LogP contribution in [0.3, 0.4) is 0 Å². The van der Waals surface area contributed by atoms with E-state index in [2.05, 4.69) is 20.0 Å².